The van der Waals surface area contributed by atoms with Crippen LogP contribution >= 0.6 is 0 Å². The highest BCUT2D eigenvalue weighted by molar-refractivity contribution is 5.80. The summed E-state index contributed by atoms with van der Waals surface area (Å²) in [6.45, 7) is 2.19. The molecule has 0 radical (unpaired) electrons. The summed E-state index contributed by atoms with van der Waals surface area (Å²) in [6, 6.07) is 12.1. The molecule has 0 unspecified atom stereocenters. The second kappa shape index (κ2) is 6.99. The Hall–Kier alpha value is -3.09. The van der Waals surface area contributed by atoms with Gasteiger partial charge in [-0.2, -0.15) is 4.68 Å². The number of hydrogen-bond donors (Lipinski definition) is 1. The molecule has 0 saturated heterocycles. The molecule has 0 bridgehead atoms. The fraction of sp³-hybridized carbons (Fsp3) is 0.235. The van der Waals surface area contributed by atoms with Crippen molar-refractivity contribution in [3.05, 3.63) is 64.8 Å². The smallest absolute Gasteiger partial charge is 0.438 e. The normalized spacial score (nSPS) is 12.0. The Morgan fingerprint density at radius 2 is 2.04 bits per heavy atom. The molecule has 2 heterocycles. The summed E-state index contributed by atoms with van der Waals surface area (Å²) in [5.74, 6) is -0.587. The zero-order valence-corrected chi connectivity index (χ0v) is 13.1. The van der Waals surface area contributed by atoms with E-state index in [1.165, 1.54) is 6.26 Å². The van der Waals surface area contributed by atoms with Gasteiger partial charge in [0.25, 0.3) is 5.89 Å². The molecule has 7 heteroatoms. The minimum Gasteiger partial charge on any atom is -0.459 e. The lowest BCUT2D eigenvalue weighted by molar-refractivity contribution is -0.125. The van der Waals surface area contributed by atoms with Crippen molar-refractivity contribution >= 4 is 5.91 Å². The van der Waals surface area contributed by atoms with Gasteiger partial charge in [-0.1, -0.05) is 37.3 Å². The first-order valence-corrected chi connectivity index (χ1v) is 7.64. The first-order valence-electron chi connectivity index (χ1n) is 7.64. The Labute approximate surface area is 137 Å². The lowest BCUT2D eigenvalue weighted by atomic mass is 10.2. The van der Waals surface area contributed by atoms with Crippen molar-refractivity contribution < 1.29 is 13.6 Å². The highest BCUT2D eigenvalue weighted by atomic mass is 16.4. The Bertz CT molecular complexity index is 850. The third-order valence-corrected chi connectivity index (χ3v) is 3.60. The van der Waals surface area contributed by atoms with E-state index in [9.17, 15) is 9.59 Å². The summed E-state index contributed by atoms with van der Waals surface area (Å²) in [7, 11) is 0. The van der Waals surface area contributed by atoms with Crippen LogP contribution in [0.4, 0.5) is 0 Å². The number of nitrogens with one attached hydrogen (secondary N) is 1. The highest BCUT2D eigenvalue weighted by Gasteiger charge is 2.24. The third kappa shape index (κ3) is 3.29. The monoisotopic (exact) mass is 327 g/mol. The average Bonchev–Trinajstić information content (AvgIpc) is 3.25. The van der Waals surface area contributed by atoms with Gasteiger partial charge in [-0.3, -0.25) is 4.79 Å². The molecule has 0 fully saturated rings. The van der Waals surface area contributed by atoms with Gasteiger partial charge in [0.05, 0.1) is 6.26 Å². The van der Waals surface area contributed by atoms with Gasteiger partial charge in [0.1, 0.15) is 6.04 Å². The van der Waals surface area contributed by atoms with Gasteiger partial charge in [-0.05, 0) is 24.1 Å². The van der Waals surface area contributed by atoms with E-state index in [2.05, 4.69) is 10.4 Å². The van der Waals surface area contributed by atoms with E-state index in [0.29, 0.717) is 18.7 Å². The van der Waals surface area contributed by atoms with Crippen LogP contribution in [0.5, 0.6) is 0 Å². The molecule has 7 nitrogen and oxygen atoms in total. The van der Waals surface area contributed by atoms with Crippen molar-refractivity contribution in [3.63, 3.8) is 0 Å². The SMILES string of the molecule is CC[C@@H](C(=O)NCc1ccccc1)n1nc(-c2ccco2)oc1=O. The molecule has 24 heavy (non-hydrogen) atoms. The zero-order chi connectivity index (χ0) is 16.9. The molecule has 2 aromatic heterocycles. The highest BCUT2D eigenvalue weighted by Crippen LogP contribution is 2.17. The number of carbonyl (C=O) groups is 1. The second-order valence-corrected chi connectivity index (χ2v) is 5.22. The van der Waals surface area contributed by atoms with Gasteiger partial charge in [0.2, 0.25) is 5.91 Å². The summed E-state index contributed by atoms with van der Waals surface area (Å²) in [4.78, 5) is 24.4. The fourth-order valence-corrected chi connectivity index (χ4v) is 2.36. The number of amides is 1. The maximum Gasteiger partial charge on any atom is 0.438 e. The van der Waals surface area contributed by atoms with Crippen molar-refractivity contribution in [2.75, 3.05) is 0 Å². The van der Waals surface area contributed by atoms with Gasteiger partial charge in [-0.25, -0.2) is 4.79 Å². The van der Waals surface area contributed by atoms with E-state index < -0.39 is 11.8 Å². The number of rotatable bonds is 6. The van der Waals surface area contributed by atoms with Crippen molar-refractivity contribution in [2.24, 2.45) is 0 Å². The maximum atomic E-state index is 12.4. The van der Waals surface area contributed by atoms with E-state index in [-0.39, 0.29) is 11.8 Å². The molecule has 3 rings (SSSR count). The van der Waals surface area contributed by atoms with Crippen LogP contribution in [0, 0.1) is 0 Å². The Balaban J connectivity index is 1.76. The summed E-state index contributed by atoms with van der Waals surface area (Å²) < 4.78 is 11.3. The molecule has 1 N–H and O–H groups in total. The van der Waals surface area contributed by atoms with Crippen molar-refractivity contribution in [2.45, 2.75) is 25.9 Å². The standard InChI is InChI=1S/C17H17N3O4/c1-2-13(15(21)18-11-12-7-4-3-5-8-12)20-17(22)24-16(19-20)14-9-6-10-23-14/h3-10,13H,2,11H2,1H3,(H,18,21)/t13-/m0/s1. The molecule has 1 atom stereocenters. The lowest BCUT2D eigenvalue weighted by Crippen LogP contribution is -2.36. The van der Waals surface area contributed by atoms with Crippen molar-refractivity contribution in [3.8, 4) is 11.7 Å². The quantitative estimate of drug-likeness (QED) is 0.750. The third-order valence-electron chi connectivity index (χ3n) is 3.60. The largest absolute Gasteiger partial charge is 0.459 e. The number of furan rings is 1. The Kier molecular flexibility index (Phi) is 4.60. The molecule has 124 valence electrons. The van der Waals surface area contributed by atoms with E-state index >= 15 is 0 Å². The number of aromatic nitrogens is 2. The first-order chi connectivity index (χ1) is 11.7. The summed E-state index contributed by atoms with van der Waals surface area (Å²) in [6.07, 6.45) is 1.86. The van der Waals surface area contributed by atoms with Gasteiger partial charge in [-0.15, -0.1) is 5.10 Å². The van der Waals surface area contributed by atoms with Crippen LogP contribution in [-0.2, 0) is 11.3 Å². The first kappa shape index (κ1) is 15.8. The van der Waals surface area contributed by atoms with Crippen molar-refractivity contribution in [1.29, 1.82) is 0 Å². The van der Waals surface area contributed by atoms with Crippen LogP contribution in [-0.4, -0.2) is 15.7 Å². The van der Waals surface area contributed by atoms with Gasteiger partial charge in [0.15, 0.2) is 5.76 Å². The van der Waals surface area contributed by atoms with E-state index in [1.807, 2.05) is 30.3 Å². The predicted molar refractivity (Wildman–Crippen MR) is 86.1 cm³/mol. The fourth-order valence-electron chi connectivity index (χ4n) is 2.36. The van der Waals surface area contributed by atoms with E-state index in [0.717, 1.165) is 10.2 Å². The Morgan fingerprint density at radius 3 is 2.71 bits per heavy atom. The average molecular weight is 327 g/mol. The molecular formula is C17H17N3O4. The van der Waals surface area contributed by atoms with Crippen LogP contribution in [0.25, 0.3) is 11.7 Å². The molecule has 0 aliphatic heterocycles. The van der Waals surface area contributed by atoms with Crippen molar-refractivity contribution in [1.82, 2.24) is 15.1 Å². The van der Waals surface area contributed by atoms with Crippen LogP contribution in [0.2, 0.25) is 0 Å². The molecule has 0 aliphatic carbocycles. The number of hydrogen-bond acceptors (Lipinski definition) is 5. The minimum atomic E-state index is -0.742. The number of carbonyl (C=O) groups excluding carboxylic acids is 1. The van der Waals surface area contributed by atoms with Gasteiger partial charge >= 0.3 is 5.76 Å². The summed E-state index contributed by atoms with van der Waals surface area (Å²) in [5, 5.41) is 6.90. The maximum absolute atomic E-state index is 12.4. The summed E-state index contributed by atoms with van der Waals surface area (Å²) >= 11 is 0. The molecule has 1 amide bonds. The lowest BCUT2D eigenvalue weighted by Gasteiger charge is -2.13. The number of benzene rings is 1. The van der Waals surface area contributed by atoms with Crippen LogP contribution in [0.1, 0.15) is 24.9 Å². The van der Waals surface area contributed by atoms with E-state index in [1.54, 1.807) is 19.1 Å². The molecule has 1 aromatic carbocycles. The summed E-state index contributed by atoms with van der Waals surface area (Å²) in [5.41, 5.74) is 0.976. The van der Waals surface area contributed by atoms with Crippen LogP contribution in [0.3, 0.4) is 0 Å². The molecule has 0 aliphatic rings. The Morgan fingerprint density at radius 1 is 1.25 bits per heavy atom. The van der Waals surface area contributed by atoms with Gasteiger partial charge < -0.3 is 14.2 Å². The zero-order valence-electron chi connectivity index (χ0n) is 13.1. The minimum absolute atomic E-state index is 0.0549. The van der Waals surface area contributed by atoms with Gasteiger partial charge in [0, 0.05) is 6.54 Å². The predicted octanol–water partition coefficient (Wildman–Crippen LogP) is 2.36. The molecule has 0 spiro atoms. The second-order valence-electron chi connectivity index (χ2n) is 5.22. The topological polar surface area (TPSA) is 90.3 Å². The van der Waals surface area contributed by atoms with E-state index in [4.69, 9.17) is 8.83 Å². The molecule has 3 aromatic rings. The number of nitrogens with zero attached hydrogens (tertiary/aromatic N) is 2. The molecule has 0 saturated carbocycles. The van der Waals surface area contributed by atoms with Crippen LogP contribution < -0.4 is 11.1 Å². The van der Waals surface area contributed by atoms with Crippen LogP contribution in [0.15, 0.2) is 62.4 Å². The molecular weight excluding hydrogens is 310 g/mol.